The van der Waals surface area contributed by atoms with Gasteiger partial charge in [0.25, 0.3) is 0 Å². The number of carboxylic acid groups (broad SMARTS) is 1. The van der Waals surface area contributed by atoms with Crippen LogP contribution in [0.4, 0.5) is 0 Å². The molecule has 0 radical (unpaired) electrons. The molecule has 2 aromatic carbocycles. The minimum absolute atomic E-state index is 0.0327. The summed E-state index contributed by atoms with van der Waals surface area (Å²) in [6.45, 7) is 2.08. The van der Waals surface area contributed by atoms with Crippen LogP contribution in [0.5, 0.6) is 0 Å². The molecule has 0 saturated heterocycles. The first-order valence-corrected chi connectivity index (χ1v) is 9.33. The summed E-state index contributed by atoms with van der Waals surface area (Å²) in [5, 5.41) is 9.71. The number of rotatable bonds is 7. The molecule has 0 amide bonds. The Morgan fingerprint density at radius 3 is 2.29 bits per heavy atom. The maximum Gasteiger partial charge on any atom is 0.338 e. The lowest BCUT2D eigenvalue weighted by Crippen LogP contribution is -2.07. The van der Waals surface area contributed by atoms with Gasteiger partial charge < -0.3 is 14.4 Å². The molecule has 0 saturated carbocycles. The van der Waals surface area contributed by atoms with Gasteiger partial charge in [-0.25, -0.2) is 4.79 Å². The van der Waals surface area contributed by atoms with Gasteiger partial charge in [-0.3, -0.25) is 4.79 Å². The van der Waals surface area contributed by atoms with Crippen LogP contribution in [-0.2, 0) is 16.0 Å². The second kappa shape index (κ2) is 8.76. The quantitative estimate of drug-likeness (QED) is 0.570. The van der Waals surface area contributed by atoms with Gasteiger partial charge in [0.15, 0.2) is 0 Å². The maximum atomic E-state index is 11.9. The fourth-order valence-electron chi connectivity index (χ4n) is 3.02. The van der Waals surface area contributed by atoms with E-state index in [0.717, 1.165) is 22.6 Å². The van der Waals surface area contributed by atoms with Crippen LogP contribution < -0.4 is 0 Å². The number of benzene rings is 2. The Labute approximate surface area is 168 Å². The van der Waals surface area contributed by atoms with Crippen molar-refractivity contribution in [1.82, 2.24) is 4.57 Å². The van der Waals surface area contributed by atoms with Crippen LogP contribution >= 0.6 is 11.6 Å². The number of esters is 1. The number of hydrogen-bond acceptors (Lipinski definition) is 3. The standard InChI is InChI=1S/C22H20ClNO4/c1-2-28-22(27)16-5-9-18(10-6-16)24-19(12-14-21(25)26)11-13-20(24)15-3-7-17(23)8-4-15/h3-11,13H,2,12,14H2,1H3,(H,25,26). The van der Waals surface area contributed by atoms with Crippen molar-refractivity contribution in [2.24, 2.45) is 0 Å². The monoisotopic (exact) mass is 397 g/mol. The summed E-state index contributed by atoms with van der Waals surface area (Å²) < 4.78 is 7.03. The van der Waals surface area contributed by atoms with Crippen molar-refractivity contribution in [1.29, 1.82) is 0 Å². The average molecular weight is 398 g/mol. The third kappa shape index (κ3) is 4.43. The Morgan fingerprint density at radius 1 is 1.00 bits per heavy atom. The van der Waals surface area contributed by atoms with Gasteiger partial charge in [-0.05, 0) is 67.4 Å². The summed E-state index contributed by atoms with van der Waals surface area (Å²) in [4.78, 5) is 22.9. The lowest BCUT2D eigenvalue weighted by atomic mass is 10.1. The van der Waals surface area contributed by atoms with Gasteiger partial charge in [-0.15, -0.1) is 0 Å². The Bertz CT molecular complexity index is 975. The van der Waals surface area contributed by atoms with Gasteiger partial charge in [-0.1, -0.05) is 23.7 Å². The number of carboxylic acids is 1. The van der Waals surface area contributed by atoms with Gasteiger partial charge >= 0.3 is 11.9 Å². The predicted molar refractivity (Wildman–Crippen MR) is 108 cm³/mol. The topological polar surface area (TPSA) is 68.5 Å². The molecule has 144 valence electrons. The molecule has 0 bridgehead atoms. The Balaban J connectivity index is 2.03. The number of halogens is 1. The molecule has 0 aliphatic rings. The lowest BCUT2D eigenvalue weighted by Gasteiger charge is -2.14. The molecule has 0 unspecified atom stereocenters. The van der Waals surface area contributed by atoms with E-state index >= 15 is 0 Å². The van der Waals surface area contributed by atoms with Crippen molar-refractivity contribution < 1.29 is 19.4 Å². The molecule has 6 heteroatoms. The van der Waals surface area contributed by atoms with E-state index in [1.807, 2.05) is 53.1 Å². The highest BCUT2D eigenvalue weighted by atomic mass is 35.5. The molecule has 28 heavy (non-hydrogen) atoms. The summed E-state index contributed by atoms with van der Waals surface area (Å²) in [6, 6.07) is 18.4. The van der Waals surface area contributed by atoms with Crippen molar-refractivity contribution in [2.45, 2.75) is 19.8 Å². The highest BCUT2D eigenvalue weighted by Gasteiger charge is 2.14. The van der Waals surface area contributed by atoms with Crippen LogP contribution in [0.1, 0.15) is 29.4 Å². The highest BCUT2D eigenvalue weighted by molar-refractivity contribution is 6.30. The summed E-state index contributed by atoms with van der Waals surface area (Å²) in [7, 11) is 0. The van der Waals surface area contributed by atoms with Crippen LogP contribution in [0, 0.1) is 0 Å². The molecule has 1 heterocycles. The fraction of sp³-hybridized carbons (Fsp3) is 0.182. The SMILES string of the molecule is CCOC(=O)c1ccc(-n2c(CCC(=O)O)ccc2-c2ccc(Cl)cc2)cc1. The summed E-state index contributed by atoms with van der Waals surface area (Å²) in [6.07, 6.45) is 0.424. The summed E-state index contributed by atoms with van der Waals surface area (Å²) in [5.41, 5.74) is 4.05. The van der Waals surface area contributed by atoms with E-state index in [9.17, 15) is 9.59 Å². The maximum absolute atomic E-state index is 11.9. The normalized spacial score (nSPS) is 10.6. The largest absolute Gasteiger partial charge is 0.481 e. The van der Waals surface area contributed by atoms with Crippen molar-refractivity contribution in [3.63, 3.8) is 0 Å². The van der Waals surface area contributed by atoms with Gasteiger partial charge in [0, 0.05) is 16.4 Å². The first kappa shape index (κ1) is 19.7. The van der Waals surface area contributed by atoms with E-state index < -0.39 is 5.97 Å². The smallest absolute Gasteiger partial charge is 0.338 e. The fourth-order valence-corrected chi connectivity index (χ4v) is 3.15. The molecule has 0 fully saturated rings. The first-order valence-electron chi connectivity index (χ1n) is 8.95. The Hall–Kier alpha value is -3.05. The Morgan fingerprint density at radius 2 is 1.68 bits per heavy atom. The van der Waals surface area contributed by atoms with Gasteiger partial charge in [-0.2, -0.15) is 0 Å². The van der Waals surface area contributed by atoms with Crippen molar-refractivity contribution in [3.8, 4) is 16.9 Å². The molecule has 0 aliphatic carbocycles. The molecule has 0 spiro atoms. The summed E-state index contributed by atoms with van der Waals surface area (Å²) in [5.74, 6) is -1.22. The first-order chi connectivity index (χ1) is 13.5. The van der Waals surface area contributed by atoms with Crippen molar-refractivity contribution >= 4 is 23.5 Å². The number of carbonyl (C=O) groups excluding carboxylic acids is 1. The van der Waals surface area contributed by atoms with Crippen LogP contribution in [0.2, 0.25) is 5.02 Å². The van der Waals surface area contributed by atoms with Crippen LogP contribution in [0.15, 0.2) is 60.7 Å². The molecule has 3 rings (SSSR count). The van der Waals surface area contributed by atoms with Crippen LogP contribution in [0.3, 0.4) is 0 Å². The van der Waals surface area contributed by atoms with E-state index in [0.29, 0.717) is 23.6 Å². The lowest BCUT2D eigenvalue weighted by molar-refractivity contribution is -0.136. The number of aromatic nitrogens is 1. The zero-order chi connectivity index (χ0) is 20.1. The minimum Gasteiger partial charge on any atom is -0.481 e. The second-order valence-electron chi connectivity index (χ2n) is 6.21. The second-order valence-corrected chi connectivity index (χ2v) is 6.65. The Kier molecular flexibility index (Phi) is 6.16. The van der Waals surface area contributed by atoms with Gasteiger partial charge in [0.2, 0.25) is 0 Å². The van der Waals surface area contributed by atoms with E-state index in [2.05, 4.69) is 0 Å². The van der Waals surface area contributed by atoms with E-state index in [-0.39, 0.29) is 12.4 Å². The van der Waals surface area contributed by atoms with Gasteiger partial charge in [0.05, 0.1) is 24.3 Å². The number of nitrogens with zero attached hydrogens (tertiary/aromatic N) is 1. The highest BCUT2D eigenvalue weighted by Crippen LogP contribution is 2.28. The minimum atomic E-state index is -0.849. The third-order valence-electron chi connectivity index (χ3n) is 4.33. The van der Waals surface area contributed by atoms with E-state index in [4.69, 9.17) is 21.4 Å². The van der Waals surface area contributed by atoms with Crippen molar-refractivity contribution in [3.05, 3.63) is 76.9 Å². The van der Waals surface area contributed by atoms with Crippen molar-refractivity contribution in [2.75, 3.05) is 6.61 Å². The molecular weight excluding hydrogens is 378 g/mol. The molecular formula is C22H20ClNO4. The summed E-state index contributed by atoms with van der Waals surface area (Å²) >= 11 is 6.00. The number of aliphatic carboxylic acids is 1. The van der Waals surface area contributed by atoms with Crippen LogP contribution in [-0.4, -0.2) is 28.2 Å². The number of aryl methyl sites for hydroxylation is 1. The number of hydrogen-bond donors (Lipinski definition) is 1. The number of carbonyl (C=O) groups is 2. The molecule has 0 atom stereocenters. The predicted octanol–water partition coefficient (Wildman–Crippen LogP) is 4.99. The molecule has 1 aromatic heterocycles. The zero-order valence-corrected chi connectivity index (χ0v) is 16.1. The van der Waals surface area contributed by atoms with E-state index in [1.54, 1.807) is 19.1 Å². The van der Waals surface area contributed by atoms with Crippen LogP contribution in [0.25, 0.3) is 16.9 Å². The molecule has 3 aromatic rings. The number of ether oxygens (including phenoxy) is 1. The molecule has 1 N–H and O–H groups in total. The van der Waals surface area contributed by atoms with Gasteiger partial charge in [0.1, 0.15) is 0 Å². The van der Waals surface area contributed by atoms with E-state index in [1.165, 1.54) is 0 Å². The average Bonchev–Trinajstić information content (AvgIpc) is 3.11. The molecule has 5 nitrogen and oxygen atoms in total. The zero-order valence-electron chi connectivity index (χ0n) is 15.4. The third-order valence-corrected chi connectivity index (χ3v) is 4.59. The molecule has 0 aliphatic heterocycles.